The van der Waals surface area contributed by atoms with Gasteiger partial charge >= 0.3 is 5.97 Å². The van der Waals surface area contributed by atoms with Gasteiger partial charge in [-0.15, -0.1) is 0 Å². The summed E-state index contributed by atoms with van der Waals surface area (Å²) in [5, 5.41) is 0.857. The van der Waals surface area contributed by atoms with Gasteiger partial charge in [-0.3, -0.25) is 4.90 Å². The Morgan fingerprint density at radius 1 is 1.15 bits per heavy atom. The fraction of sp³-hybridized carbons (Fsp3) is 0.350. The Hall–Kier alpha value is -2.93. The Labute approximate surface area is 158 Å². The van der Waals surface area contributed by atoms with Crippen LogP contribution >= 0.6 is 0 Å². The molecule has 27 heavy (non-hydrogen) atoms. The third-order valence-electron chi connectivity index (χ3n) is 5.04. The molecule has 1 aromatic carbocycles. The SMILES string of the molecule is COC(=O)c1cc2c(N3CCN(CCc4ccccc4)CC3)ncnc2[nH]1. The smallest absolute Gasteiger partial charge is 0.354 e. The number of H-pyrrole nitrogens is 1. The lowest BCUT2D eigenvalue weighted by Gasteiger charge is -2.35. The number of rotatable bonds is 5. The van der Waals surface area contributed by atoms with Crippen LogP contribution < -0.4 is 4.90 Å². The zero-order chi connectivity index (χ0) is 18.6. The summed E-state index contributed by atoms with van der Waals surface area (Å²) < 4.78 is 4.79. The van der Waals surface area contributed by atoms with E-state index in [0.717, 1.165) is 50.3 Å². The average molecular weight is 365 g/mol. The highest BCUT2D eigenvalue weighted by Gasteiger charge is 2.21. The predicted molar refractivity (Wildman–Crippen MR) is 104 cm³/mol. The number of aromatic amines is 1. The van der Waals surface area contributed by atoms with Crippen LogP contribution in [0.1, 0.15) is 16.1 Å². The molecule has 7 heteroatoms. The molecule has 1 aliphatic rings. The van der Waals surface area contributed by atoms with Gasteiger partial charge in [0.1, 0.15) is 23.5 Å². The van der Waals surface area contributed by atoms with Crippen LogP contribution in [0.15, 0.2) is 42.7 Å². The molecule has 140 valence electrons. The first-order valence-corrected chi connectivity index (χ1v) is 9.18. The quantitative estimate of drug-likeness (QED) is 0.698. The zero-order valence-corrected chi connectivity index (χ0v) is 15.4. The second-order valence-electron chi connectivity index (χ2n) is 6.70. The number of methoxy groups -OCH3 is 1. The largest absolute Gasteiger partial charge is 0.464 e. The van der Waals surface area contributed by atoms with Gasteiger partial charge in [-0.25, -0.2) is 14.8 Å². The van der Waals surface area contributed by atoms with E-state index in [1.54, 1.807) is 6.07 Å². The van der Waals surface area contributed by atoms with E-state index in [1.165, 1.54) is 19.0 Å². The number of carbonyl (C=O) groups is 1. The van der Waals surface area contributed by atoms with Crippen molar-refractivity contribution in [2.24, 2.45) is 0 Å². The van der Waals surface area contributed by atoms with Crippen molar-refractivity contribution in [3.63, 3.8) is 0 Å². The van der Waals surface area contributed by atoms with Crippen molar-refractivity contribution in [2.45, 2.75) is 6.42 Å². The van der Waals surface area contributed by atoms with E-state index in [-0.39, 0.29) is 0 Å². The van der Waals surface area contributed by atoms with Gasteiger partial charge in [0.05, 0.1) is 12.5 Å². The van der Waals surface area contributed by atoms with Gasteiger partial charge in [-0.05, 0) is 18.1 Å². The van der Waals surface area contributed by atoms with E-state index in [2.05, 4.69) is 55.1 Å². The first-order chi connectivity index (χ1) is 13.2. The highest BCUT2D eigenvalue weighted by Crippen LogP contribution is 2.25. The summed E-state index contributed by atoms with van der Waals surface area (Å²) >= 11 is 0. The van der Waals surface area contributed by atoms with E-state index in [9.17, 15) is 4.79 Å². The van der Waals surface area contributed by atoms with Crippen LogP contribution in [0.2, 0.25) is 0 Å². The van der Waals surface area contributed by atoms with E-state index in [0.29, 0.717) is 11.3 Å². The number of anilines is 1. The minimum absolute atomic E-state index is 0.398. The number of hydrogen-bond acceptors (Lipinski definition) is 6. The molecule has 0 amide bonds. The highest BCUT2D eigenvalue weighted by atomic mass is 16.5. The summed E-state index contributed by atoms with van der Waals surface area (Å²) in [6, 6.07) is 12.4. The first-order valence-electron chi connectivity index (χ1n) is 9.18. The highest BCUT2D eigenvalue weighted by molar-refractivity contribution is 5.97. The monoisotopic (exact) mass is 365 g/mol. The standard InChI is InChI=1S/C20H23N5O2/c1-27-20(26)17-13-16-18(23-17)21-14-22-19(16)25-11-9-24(10-12-25)8-7-15-5-3-2-4-6-15/h2-6,13-14H,7-12H2,1H3,(H,21,22,23). The van der Waals surface area contributed by atoms with E-state index >= 15 is 0 Å². The number of hydrogen-bond donors (Lipinski definition) is 1. The van der Waals surface area contributed by atoms with Crippen molar-refractivity contribution >= 4 is 22.8 Å². The van der Waals surface area contributed by atoms with E-state index in [4.69, 9.17) is 4.74 Å². The maximum Gasteiger partial charge on any atom is 0.354 e. The summed E-state index contributed by atoms with van der Waals surface area (Å²) in [5.74, 6) is 0.471. The number of benzene rings is 1. The lowest BCUT2D eigenvalue weighted by molar-refractivity contribution is 0.0595. The Bertz CT molecular complexity index is 917. The summed E-state index contributed by atoms with van der Waals surface area (Å²) in [6.07, 6.45) is 2.61. The minimum Gasteiger partial charge on any atom is -0.464 e. The number of nitrogens with one attached hydrogen (secondary N) is 1. The molecule has 3 aromatic rings. The Balaban J connectivity index is 1.42. The van der Waals surface area contributed by atoms with Crippen molar-refractivity contribution < 1.29 is 9.53 Å². The lowest BCUT2D eigenvalue weighted by Crippen LogP contribution is -2.47. The van der Waals surface area contributed by atoms with Gasteiger partial charge in [0.25, 0.3) is 0 Å². The molecular weight excluding hydrogens is 342 g/mol. The molecule has 1 aliphatic heterocycles. The molecule has 0 radical (unpaired) electrons. The van der Waals surface area contributed by atoms with Crippen molar-refractivity contribution in [1.82, 2.24) is 19.9 Å². The van der Waals surface area contributed by atoms with E-state index in [1.807, 2.05) is 0 Å². The molecule has 0 unspecified atom stereocenters. The molecule has 2 aromatic heterocycles. The van der Waals surface area contributed by atoms with Crippen molar-refractivity contribution in [3.8, 4) is 0 Å². The maximum atomic E-state index is 11.8. The number of aromatic nitrogens is 3. The molecule has 0 atom stereocenters. The van der Waals surface area contributed by atoms with Crippen LogP contribution in [0.25, 0.3) is 11.0 Å². The fourth-order valence-electron chi connectivity index (χ4n) is 3.51. The van der Waals surface area contributed by atoms with Gasteiger partial charge in [-0.2, -0.15) is 0 Å². The molecule has 1 saturated heterocycles. The van der Waals surface area contributed by atoms with Crippen LogP contribution in [0.4, 0.5) is 5.82 Å². The van der Waals surface area contributed by atoms with Gasteiger partial charge in [0.15, 0.2) is 0 Å². The predicted octanol–water partition coefficient (Wildman–Crippen LogP) is 2.11. The number of esters is 1. The summed E-state index contributed by atoms with van der Waals surface area (Å²) in [5.41, 5.74) is 2.43. The molecule has 0 aliphatic carbocycles. The summed E-state index contributed by atoms with van der Waals surface area (Å²) in [6.45, 7) is 4.85. The van der Waals surface area contributed by atoms with Gasteiger partial charge in [-0.1, -0.05) is 30.3 Å². The maximum absolute atomic E-state index is 11.8. The van der Waals surface area contributed by atoms with Crippen LogP contribution in [0.3, 0.4) is 0 Å². The minimum atomic E-state index is -0.398. The number of fused-ring (bicyclic) bond motifs is 1. The van der Waals surface area contributed by atoms with Crippen molar-refractivity contribution in [2.75, 3.05) is 44.7 Å². The number of piperazine rings is 1. The Morgan fingerprint density at radius 2 is 1.93 bits per heavy atom. The summed E-state index contributed by atoms with van der Waals surface area (Å²) in [7, 11) is 1.37. The Morgan fingerprint density at radius 3 is 2.67 bits per heavy atom. The molecule has 7 nitrogen and oxygen atoms in total. The third-order valence-corrected chi connectivity index (χ3v) is 5.04. The van der Waals surface area contributed by atoms with E-state index < -0.39 is 5.97 Å². The fourth-order valence-corrected chi connectivity index (χ4v) is 3.51. The lowest BCUT2D eigenvalue weighted by atomic mass is 10.1. The second-order valence-corrected chi connectivity index (χ2v) is 6.70. The normalized spacial score (nSPS) is 15.2. The van der Waals surface area contributed by atoms with Crippen molar-refractivity contribution in [1.29, 1.82) is 0 Å². The summed E-state index contributed by atoms with van der Waals surface area (Å²) in [4.78, 5) is 28.3. The number of carbonyl (C=O) groups excluding carboxylic acids is 1. The molecular formula is C20H23N5O2. The Kier molecular flexibility index (Phi) is 5.02. The molecule has 1 N–H and O–H groups in total. The molecule has 3 heterocycles. The molecule has 0 bridgehead atoms. The van der Waals surface area contributed by atoms with Crippen LogP contribution in [0, 0.1) is 0 Å². The van der Waals surface area contributed by atoms with Gasteiger partial charge < -0.3 is 14.6 Å². The van der Waals surface area contributed by atoms with Gasteiger partial charge in [0.2, 0.25) is 0 Å². The number of ether oxygens (including phenoxy) is 1. The van der Waals surface area contributed by atoms with Crippen LogP contribution in [-0.4, -0.2) is 65.7 Å². The molecule has 0 spiro atoms. The van der Waals surface area contributed by atoms with Crippen LogP contribution in [-0.2, 0) is 11.2 Å². The topological polar surface area (TPSA) is 74.3 Å². The molecule has 1 fully saturated rings. The molecule has 4 rings (SSSR count). The zero-order valence-electron chi connectivity index (χ0n) is 15.4. The van der Waals surface area contributed by atoms with Gasteiger partial charge in [0, 0.05) is 32.7 Å². The first kappa shape index (κ1) is 17.5. The average Bonchev–Trinajstić information content (AvgIpc) is 3.17. The van der Waals surface area contributed by atoms with Crippen LogP contribution in [0.5, 0.6) is 0 Å². The van der Waals surface area contributed by atoms with Crippen molar-refractivity contribution in [3.05, 3.63) is 54.0 Å². The molecule has 0 saturated carbocycles. The number of nitrogens with zero attached hydrogens (tertiary/aromatic N) is 4. The third kappa shape index (κ3) is 3.78. The second kappa shape index (κ2) is 7.75.